The summed E-state index contributed by atoms with van der Waals surface area (Å²) in [5, 5.41) is 15.6. The van der Waals surface area contributed by atoms with Gasteiger partial charge in [-0.15, -0.1) is 0 Å². The van der Waals surface area contributed by atoms with Gasteiger partial charge in [0.25, 0.3) is 0 Å². The number of nitrogens with one attached hydrogen (secondary N) is 1. The highest BCUT2D eigenvalue weighted by Crippen LogP contribution is 2.35. The minimum atomic E-state index is -0.754. The zero-order valence-corrected chi connectivity index (χ0v) is 14.3. The Hall–Kier alpha value is -2.71. The first kappa shape index (κ1) is 18.1. The summed E-state index contributed by atoms with van der Waals surface area (Å²) in [5.41, 5.74) is 0.556. The number of aromatic hydroxyl groups is 1. The molecular formula is C16H9Cl2F2N3O3. The van der Waals surface area contributed by atoms with Crippen LogP contribution in [0.1, 0.15) is 16.2 Å². The predicted molar refractivity (Wildman–Crippen MR) is 88.9 cm³/mol. The molecule has 1 heterocycles. The third-order valence-electron chi connectivity index (χ3n) is 3.27. The summed E-state index contributed by atoms with van der Waals surface area (Å²) in [6.07, 6.45) is 0. The van der Waals surface area contributed by atoms with E-state index in [-0.39, 0.29) is 39.6 Å². The van der Waals surface area contributed by atoms with Crippen LogP contribution in [0.3, 0.4) is 0 Å². The van der Waals surface area contributed by atoms with E-state index in [1.165, 1.54) is 12.1 Å². The van der Waals surface area contributed by atoms with Crippen LogP contribution >= 0.6 is 23.2 Å². The van der Waals surface area contributed by atoms with Gasteiger partial charge in [-0.1, -0.05) is 28.4 Å². The van der Waals surface area contributed by atoms with Gasteiger partial charge in [0.05, 0.1) is 10.0 Å². The first-order valence-corrected chi connectivity index (χ1v) is 7.84. The Morgan fingerprint density at radius 1 is 1.12 bits per heavy atom. The number of phenolic OH excluding ortho intramolecular Hbond substituents is 1. The number of carbonyl (C=O) groups excluding carboxylic acids is 1. The summed E-state index contributed by atoms with van der Waals surface area (Å²) in [4.78, 5) is 15.9. The van der Waals surface area contributed by atoms with Crippen molar-refractivity contribution in [2.45, 2.75) is 6.54 Å². The first-order valence-electron chi connectivity index (χ1n) is 7.09. The summed E-state index contributed by atoms with van der Waals surface area (Å²) >= 11 is 11.6. The molecule has 10 heteroatoms. The number of phenols is 1. The monoisotopic (exact) mass is 399 g/mol. The van der Waals surface area contributed by atoms with Gasteiger partial charge in [-0.05, 0) is 29.8 Å². The molecule has 0 aliphatic heterocycles. The van der Waals surface area contributed by atoms with Gasteiger partial charge in [-0.25, -0.2) is 8.78 Å². The Morgan fingerprint density at radius 3 is 2.35 bits per heavy atom. The van der Waals surface area contributed by atoms with E-state index in [1.54, 1.807) is 0 Å². The van der Waals surface area contributed by atoms with Crippen molar-refractivity contribution in [3.8, 4) is 17.1 Å². The number of benzene rings is 2. The van der Waals surface area contributed by atoms with Crippen LogP contribution in [0.15, 0.2) is 34.9 Å². The van der Waals surface area contributed by atoms with Crippen molar-refractivity contribution in [2.24, 2.45) is 0 Å². The summed E-state index contributed by atoms with van der Waals surface area (Å²) in [6, 6.07) is 5.60. The van der Waals surface area contributed by atoms with Gasteiger partial charge >= 0.3 is 11.8 Å². The van der Waals surface area contributed by atoms with E-state index in [4.69, 9.17) is 27.7 Å². The van der Waals surface area contributed by atoms with Gasteiger partial charge in [0.2, 0.25) is 5.82 Å². The fraction of sp³-hybridized carbons (Fsp3) is 0.0625. The molecule has 6 nitrogen and oxygen atoms in total. The molecule has 0 atom stereocenters. The highest BCUT2D eigenvalue weighted by molar-refractivity contribution is 6.37. The molecule has 26 heavy (non-hydrogen) atoms. The molecule has 3 aromatic rings. The molecule has 0 bridgehead atoms. The average Bonchev–Trinajstić information content (AvgIpc) is 3.06. The van der Waals surface area contributed by atoms with Gasteiger partial charge in [-0.2, -0.15) is 4.98 Å². The smallest absolute Gasteiger partial charge is 0.316 e. The Labute approximate surface area is 155 Å². The minimum Gasteiger partial charge on any atom is -0.505 e. The van der Waals surface area contributed by atoms with E-state index in [0.29, 0.717) is 5.56 Å². The van der Waals surface area contributed by atoms with Crippen molar-refractivity contribution in [2.75, 3.05) is 0 Å². The van der Waals surface area contributed by atoms with Crippen LogP contribution in [-0.4, -0.2) is 21.2 Å². The molecule has 0 saturated heterocycles. The fourth-order valence-corrected chi connectivity index (χ4v) is 2.59. The van der Waals surface area contributed by atoms with Crippen molar-refractivity contribution >= 4 is 29.1 Å². The number of amides is 1. The second-order valence-corrected chi connectivity index (χ2v) is 5.99. The summed E-state index contributed by atoms with van der Waals surface area (Å²) < 4.78 is 31.1. The van der Waals surface area contributed by atoms with E-state index in [2.05, 4.69) is 15.5 Å². The van der Waals surface area contributed by atoms with E-state index in [9.17, 15) is 18.7 Å². The number of carbonyl (C=O) groups is 1. The van der Waals surface area contributed by atoms with Crippen LogP contribution < -0.4 is 5.32 Å². The highest BCUT2D eigenvalue weighted by Gasteiger charge is 2.18. The maximum Gasteiger partial charge on any atom is 0.316 e. The molecule has 0 aliphatic carbocycles. The molecule has 0 unspecified atom stereocenters. The number of hydrogen-bond acceptors (Lipinski definition) is 5. The standard InChI is InChI=1S/C16H9Cl2F2N3O3/c17-11-3-8(4-12(18)13(11)24)14-22-16(26-23-14)15(25)21-6-7-1-9(19)5-10(20)2-7/h1-5,24H,6H2,(H,21,25). The second kappa shape index (κ2) is 7.27. The van der Waals surface area contributed by atoms with Crippen LogP contribution in [0, 0.1) is 11.6 Å². The Kier molecular flexibility index (Phi) is 5.06. The Morgan fingerprint density at radius 2 is 1.73 bits per heavy atom. The molecule has 0 spiro atoms. The molecule has 1 aromatic heterocycles. The van der Waals surface area contributed by atoms with Crippen molar-refractivity contribution < 1.29 is 23.2 Å². The lowest BCUT2D eigenvalue weighted by Gasteiger charge is -2.03. The zero-order valence-electron chi connectivity index (χ0n) is 12.8. The number of nitrogens with zero attached hydrogens (tertiary/aromatic N) is 2. The molecule has 2 N–H and O–H groups in total. The lowest BCUT2D eigenvalue weighted by atomic mass is 10.2. The average molecular weight is 400 g/mol. The molecular weight excluding hydrogens is 391 g/mol. The lowest BCUT2D eigenvalue weighted by Crippen LogP contribution is -2.23. The topological polar surface area (TPSA) is 88.2 Å². The van der Waals surface area contributed by atoms with Crippen molar-refractivity contribution in [1.29, 1.82) is 0 Å². The highest BCUT2D eigenvalue weighted by atomic mass is 35.5. The predicted octanol–water partition coefficient (Wildman–Crippen LogP) is 3.96. The van der Waals surface area contributed by atoms with Crippen molar-refractivity contribution in [1.82, 2.24) is 15.5 Å². The second-order valence-electron chi connectivity index (χ2n) is 5.17. The fourth-order valence-electron chi connectivity index (χ4n) is 2.10. The molecule has 3 rings (SSSR count). The third kappa shape index (κ3) is 3.92. The number of hydrogen-bond donors (Lipinski definition) is 2. The van der Waals surface area contributed by atoms with Crippen LogP contribution in [0.25, 0.3) is 11.4 Å². The Balaban J connectivity index is 1.74. The van der Waals surface area contributed by atoms with Crippen LogP contribution in [0.4, 0.5) is 8.78 Å². The molecule has 0 fully saturated rings. The van der Waals surface area contributed by atoms with Gasteiger partial charge < -0.3 is 14.9 Å². The number of rotatable bonds is 4. The number of aromatic nitrogens is 2. The van der Waals surface area contributed by atoms with Crippen molar-refractivity contribution in [3.05, 3.63) is 63.5 Å². The third-order valence-corrected chi connectivity index (χ3v) is 3.85. The number of halogens is 4. The normalized spacial score (nSPS) is 10.8. The maximum atomic E-state index is 13.1. The van der Waals surface area contributed by atoms with Gasteiger partial charge in [-0.3, -0.25) is 4.79 Å². The van der Waals surface area contributed by atoms with Crippen LogP contribution in [0.5, 0.6) is 5.75 Å². The largest absolute Gasteiger partial charge is 0.505 e. The minimum absolute atomic E-state index is 0.0172. The van der Waals surface area contributed by atoms with E-state index in [1.807, 2.05) is 0 Å². The lowest BCUT2D eigenvalue weighted by molar-refractivity contribution is 0.0907. The molecule has 1 amide bonds. The van der Waals surface area contributed by atoms with E-state index >= 15 is 0 Å². The Bertz CT molecular complexity index is 951. The molecule has 0 saturated carbocycles. The maximum absolute atomic E-state index is 13.1. The van der Waals surface area contributed by atoms with Gasteiger partial charge in [0, 0.05) is 18.2 Å². The summed E-state index contributed by atoms with van der Waals surface area (Å²) in [5.74, 6) is -2.87. The van der Waals surface area contributed by atoms with Gasteiger partial charge in [0.1, 0.15) is 11.6 Å². The SMILES string of the molecule is O=C(NCc1cc(F)cc(F)c1)c1nc(-c2cc(Cl)c(O)c(Cl)c2)no1. The van der Waals surface area contributed by atoms with Crippen LogP contribution in [0.2, 0.25) is 10.0 Å². The molecule has 0 radical (unpaired) electrons. The van der Waals surface area contributed by atoms with Crippen molar-refractivity contribution in [3.63, 3.8) is 0 Å². The zero-order chi connectivity index (χ0) is 18.8. The quantitative estimate of drug-likeness (QED) is 0.692. The summed E-state index contributed by atoms with van der Waals surface area (Å²) in [6.45, 7) is -0.137. The van der Waals surface area contributed by atoms with E-state index < -0.39 is 17.5 Å². The van der Waals surface area contributed by atoms with Crippen LogP contribution in [-0.2, 0) is 6.54 Å². The van der Waals surface area contributed by atoms with Gasteiger partial charge in [0.15, 0.2) is 5.75 Å². The molecule has 134 valence electrons. The summed E-state index contributed by atoms with van der Waals surface area (Å²) in [7, 11) is 0. The first-order chi connectivity index (χ1) is 12.3. The molecule has 0 aliphatic rings. The molecule has 2 aromatic carbocycles. The van der Waals surface area contributed by atoms with E-state index in [0.717, 1.165) is 18.2 Å².